The van der Waals surface area contributed by atoms with Crippen molar-refractivity contribution >= 4 is 11.9 Å². The Balaban J connectivity index is 2.21. The molecule has 1 aromatic rings. The zero-order valence-electron chi connectivity index (χ0n) is 9.81. The predicted octanol–water partition coefficient (Wildman–Crippen LogP) is -0.775. The Labute approximate surface area is 103 Å². The smallest absolute Gasteiger partial charge is 0.328 e. The first-order valence-corrected chi connectivity index (χ1v) is 5.47. The fourth-order valence-corrected chi connectivity index (χ4v) is 1.98. The third-order valence-electron chi connectivity index (χ3n) is 2.84. The molecule has 96 valence electrons. The summed E-state index contributed by atoms with van der Waals surface area (Å²) in [6.45, 7) is 0.112. The van der Waals surface area contributed by atoms with E-state index in [1.807, 2.05) is 0 Å². The van der Waals surface area contributed by atoms with Gasteiger partial charge in [0.1, 0.15) is 6.04 Å². The Bertz CT molecular complexity index is 451. The number of esters is 1. The van der Waals surface area contributed by atoms with Gasteiger partial charge < -0.3 is 14.7 Å². The van der Waals surface area contributed by atoms with Crippen molar-refractivity contribution in [3.8, 4) is 0 Å². The molecule has 1 saturated heterocycles. The van der Waals surface area contributed by atoms with Crippen LogP contribution in [0.5, 0.6) is 0 Å². The van der Waals surface area contributed by atoms with Crippen LogP contribution in [0.25, 0.3) is 0 Å². The molecule has 0 spiro atoms. The van der Waals surface area contributed by atoms with Crippen molar-refractivity contribution in [2.45, 2.75) is 18.6 Å². The molecule has 2 unspecified atom stereocenters. The van der Waals surface area contributed by atoms with E-state index in [2.05, 4.69) is 14.9 Å². The number of aliphatic hydroxyl groups is 1. The van der Waals surface area contributed by atoms with Crippen molar-refractivity contribution in [1.82, 2.24) is 15.1 Å². The predicted molar refractivity (Wildman–Crippen MR) is 59.5 cm³/mol. The molecule has 7 heteroatoms. The number of nitrogens with zero attached hydrogens (tertiary/aromatic N) is 3. The molecule has 1 fully saturated rings. The van der Waals surface area contributed by atoms with Gasteiger partial charge in [-0.25, -0.2) is 4.79 Å². The van der Waals surface area contributed by atoms with Crippen LogP contribution in [0.4, 0.5) is 0 Å². The zero-order chi connectivity index (χ0) is 13.1. The minimum atomic E-state index is -0.745. The lowest BCUT2D eigenvalue weighted by Crippen LogP contribution is -2.41. The molecule has 0 radical (unpaired) electrons. The van der Waals surface area contributed by atoms with Gasteiger partial charge in [0.25, 0.3) is 5.91 Å². The van der Waals surface area contributed by atoms with Crippen molar-refractivity contribution < 1.29 is 19.4 Å². The fraction of sp³-hybridized carbons (Fsp3) is 0.455. The number of β-amino-alcohol motifs (C(OH)–C–C–N with tert-alkyl or cyclic N) is 1. The molecule has 0 aromatic carbocycles. The summed E-state index contributed by atoms with van der Waals surface area (Å²) in [7, 11) is 1.25. The SMILES string of the molecule is COC(=O)C1CC(O)CN1C(=O)c1ccnnc1. The van der Waals surface area contributed by atoms with Crippen LogP contribution in [0.15, 0.2) is 18.5 Å². The summed E-state index contributed by atoms with van der Waals surface area (Å²) in [5.41, 5.74) is 0.327. The molecule has 1 aliphatic heterocycles. The Morgan fingerprint density at radius 2 is 2.28 bits per heavy atom. The lowest BCUT2D eigenvalue weighted by atomic mass is 10.2. The minimum Gasteiger partial charge on any atom is -0.467 e. The summed E-state index contributed by atoms with van der Waals surface area (Å²) in [6, 6.07) is 0.764. The van der Waals surface area contributed by atoms with Gasteiger partial charge >= 0.3 is 5.97 Å². The Kier molecular flexibility index (Phi) is 3.52. The highest BCUT2D eigenvalue weighted by atomic mass is 16.5. The summed E-state index contributed by atoms with van der Waals surface area (Å²) >= 11 is 0. The van der Waals surface area contributed by atoms with Gasteiger partial charge in [-0.2, -0.15) is 10.2 Å². The van der Waals surface area contributed by atoms with Gasteiger partial charge in [0.15, 0.2) is 0 Å². The lowest BCUT2D eigenvalue weighted by molar-refractivity contribution is -0.145. The molecule has 2 heterocycles. The van der Waals surface area contributed by atoms with E-state index in [1.54, 1.807) is 0 Å². The average Bonchev–Trinajstić information content (AvgIpc) is 2.80. The fourth-order valence-electron chi connectivity index (χ4n) is 1.98. The molecule has 2 atom stereocenters. The molecule has 0 saturated carbocycles. The second kappa shape index (κ2) is 5.09. The van der Waals surface area contributed by atoms with Gasteiger partial charge in [0.05, 0.1) is 31.2 Å². The van der Waals surface area contributed by atoms with Crippen LogP contribution in [0, 0.1) is 0 Å². The number of hydrogen-bond donors (Lipinski definition) is 1. The van der Waals surface area contributed by atoms with Gasteiger partial charge in [-0.3, -0.25) is 4.79 Å². The second-order valence-corrected chi connectivity index (χ2v) is 4.02. The average molecular weight is 251 g/mol. The topological polar surface area (TPSA) is 92.6 Å². The van der Waals surface area contributed by atoms with Crippen LogP contribution in [0.1, 0.15) is 16.8 Å². The summed E-state index contributed by atoms with van der Waals surface area (Å²) in [6.07, 6.45) is 2.19. The van der Waals surface area contributed by atoms with E-state index in [-0.39, 0.29) is 18.9 Å². The van der Waals surface area contributed by atoms with E-state index in [9.17, 15) is 14.7 Å². The molecule has 1 amide bonds. The summed E-state index contributed by atoms with van der Waals surface area (Å²) < 4.78 is 4.63. The normalized spacial score (nSPS) is 22.9. The largest absolute Gasteiger partial charge is 0.467 e. The maximum Gasteiger partial charge on any atom is 0.328 e. The number of hydrogen-bond acceptors (Lipinski definition) is 6. The highest BCUT2D eigenvalue weighted by Crippen LogP contribution is 2.21. The van der Waals surface area contributed by atoms with Crippen molar-refractivity contribution in [2.75, 3.05) is 13.7 Å². The van der Waals surface area contributed by atoms with Crippen LogP contribution in [-0.4, -0.2) is 57.9 Å². The van der Waals surface area contributed by atoms with Crippen LogP contribution in [0.3, 0.4) is 0 Å². The zero-order valence-corrected chi connectivity index (χ0v) is 9.81. The maximum atomic E-state index is 12.2. The third-order valence-corrected chi connectivity index (χ3v) is 2.84. The highest BCUT2D eigenvalue weighted by molar-refractivity contribution is 5.96. The summed E-state index contributed by atoms with van der Waals surface area (Å²) in [5, 5.41) is 16.8. The molecular formula is C11H13N3O4. The number of methoxy groups -OCH3 is 1. The van der Waals surface area contributed by atoms with Gasteiger partial charge in [0, 0.05) is 13.0 Å². The summed E-state index contributed by atoms with van der Waals surface area (Å²) in [4.78, 5) is 25.0. The summed E-state index contributed by atoms with van der Waals surface area (Å²) in [5.74, 6) is -0.890. The van der Waals surface area contributed by atoms with E-state index in [1.165, 1.54) is 30.5 Å². The van der Waals surface area contributed by atoms with Crippen molar-refractivity contribution in [1.29, 1.82) is 0 Å². The standard InChI is InChI=1S/C11H13N3O4/c1-18-11(17)9-4-8(15)6-14(9)10(16)7-2-3-12-13-5-7/h2-3,5,8-9,15H,4,6H2,1H3. The molecule has 0 aliphatic carbocycles. The van der Waals surface area contributed by atoms with E-state index in [0.717, 1.165) is 0 Å². The number of carbonyl (C=O) groups excluding carboxylic acids is 2. The van der Waals surface area contributed by atoms with E-state index < -0.39 is 18.1 Å². The first kappa shape index (κ1) is 12.4. The Hall–Kier alpha value is -2.02. The third kappa shape index (κ3) is 2.30. The second-order valence-electron chi connectivity index (χ2n) is 4.02. The monoisotopic (exact) mass is 251 g/mol. The molecule has 18 heavy (non-hydrogen) atoms. The van der Waals surface area contributed by atoms with E-state index in [0.29, 0.717) is 5.56 Å². The van der Waals surface area contributed by atoms with Crippen molar-refractivity contribution in [2.24, 2.45) is 0 Å². The van der Waals surface area contributed by atoms with E-state index >= 15 is 0 Å². The molecular weight excluding hydrogens is 238 g/mol. The van der Waals surface area contributed by atoms with Gasteiger partial charge in [0.2, 0.25) is 0 Å². The first-order chi connectivity index (χ1) is 8.63. The molecule has 1 aromatic heterocycles. The van der Waals surface area contributed by atoms with Crippen LogP contribution in [0.2, 0.25) is 0 Å². The number of ether oxygens (including phenoxy) is 1. The van der Waals surface area contributed by atoms with Crippen LogP contribution in [-0.2, 0) is 9.53 Å². The number of carbonyl (C=O) groups is 2. The first-order valence-electron chi connectivity index (χ1n) is 5.47. The van der Waals surface area contributed by atoms with Crippen LogP contribution < -0.4 is 0 Å². The lowest BCUT2D eigenvalue weighted by Gasteiger charge is -2.22. The number of amides is 1. The molecule has 1 aliphatic rings. The van der Waals surface area contributed by atoms with Crippen LogP contribution >= 0.6 is 0 Å². The minimum absolute atomic E-state index is 0.112. The number of aromatic nitrogens is 2. The van der Waals surface area contributed by atoms with Crippen molar-refractivity contribution in [3.05, 3.63) is 24.0 Å². The van der Waals surface area contributed by atoms with Crippen molar-refractivity contribution in [3.63, 3.8) is 0 Å². The van der Waals surface area contributed by atoms with Gasteiger partial charge in [-0.05, 0) is 6.07 Å². The van der Waals surface area contributed by atoms with Gasteiger partial charge in [-0.1, -0.05) is 0 Å². The molecule has 0 bridgehead atoms. The molecule has 7 nitrogen and oxygen atoms in total. The number of aliphatic hydroxyl groups excluding tert-OH is 1. The number of rotatable bonds is 2. The highest BCUT2D eigenvalue weighted by Gasteiger charge is 2.39. The van der Waals surface area contributed by atoms with Gasteiger partial charge in [-0.15, -0.1) is 0 Å². The molecule has 2 rings (SSSR count). The maximum absolute atomic E-state index is 12.2. The van der Waals surface area contributed by atoms with E-state index in [4.69, 9.17) is 0 Å². The quantitative estimate of drug-likeness (QED) is 0.693. The number of likely N-dealkylation sites (tertiary alicyclic amines) is 1. The molecule has 1 N–H and O–H groups in total. The Morgan fingerprint density at radius 3 is 2.89 bits per heavy atom. The Morgan fingerprint density at radius 1 is 1.50 bits per heavy atom.